The van der Waals surface area contributed by atoms with Gasteiger partial charge in [0.1, 0.15) is 0 Å². The number of benzene rings is 2. The Balaban J connectivity index is 2.01. The summed E-state index contributed by atoms with van der Waals surface area (Å²) in [5.41, 5.74) is 1.41. The van der Waals surface area contributed by atoms with Crippen LogP contribution in [0.15, 0.2) is 53.4 Å². The Labute approximate surface area is 121 Å². The molecule has 0 saturated heterocycles. The summed E-state index contributed by atoms with van der Waals surface area (Å²) in [4.78, 5) is 12.9. The zero-order valence-electron chi connectivity index (χ0n) is 10.3. The van der Waals surface area contributed by atoms with Gasteiger partial charge in [-0.25, -0.2) is 4.79 Å². The van der Waals surface area contributed by atoms with Crippen molar-refractivity contribution in [2.24, 2.45) is 0 Å². The molecule has 2 rings (SSSR count). The molecule has 2 N–H and O–H groups in total. The maximum absolute atomic E-state index is 11.8. The van der Waals surface area contributed by atoms with Crippen molar-refractivity contribution in [3.8, 4) is 0 Å². The molecule has 0 aromatic heterocycles. The SMILES string of the molecule is CSc1cccc(NC(=O)Nc2cccc(Cl)c2)c1. The molecule has 5 heteroatoms. The second kappa shape index (κ2) is 6.50. The zero-order chi connectivity index (χ0) is 13.7. The van der Waals surface area contributed by atoms with Gasteiger partial charge in [0.05, 0.1) is 0 Å². The summed E-state index contributed by atoms with van der Waals surface area (Å²) in [5.74, 6) is 0. The lowest BCUT2D eigenvalue weighted by molar-refractivity contribution is 0.262. The molecule has 0 aliphatic carbocycles. The lowest BCUT2D eigenvalue weighted by atomic mass is 10.3. The lowest BCUT2D eigenvalue weighted by Crippen LogP contribution is -2.19. The van der Waals surface area contributed by atoms with Crippen LogP contribution in [0.1, 0.15) is 0 Å². The third-order valence-corrected chi connectivity index (χ3v) is 3.37. The van der Waals surface area contributed by atoms with E-state index < -0.39 is 0 Å². The van der Waals surface area contributed by atoms with E-state index in [2.05, 4.69) is 10.6 Å². The number of carbonyl (C=O) groups excluding carboxylic acids is 1. The smallest absolute Gasteiger partial charge is 0.308 e. The van der Waals surface area contributed by atoms with Crippen LogP contribution in [0.3, 0.4) is 0 Å². The highest BCUT2D eigenvalue weighted by Crippen LogP contribution is 2.19. The fraction of sp³-hybridized carbons (Fsp3) is 0.0714. The average molecular weight is 293 g/mol. The van der Waals surface area contributed by atoms with Gasteiger partial charge in [0.25, 0.3) is 0 Å². The van der Waals surface area contributed by atoms with Crippen LogP contribution in [0.2, 0.25) is 5.02 Å². The fourth-order valence-electron chi connectivity index (χ4n) is 1.56. The van der Waals surface area contributed by atoms with Gasteiger partial charge in [-0.05, 0) is 42.7 Å². The summed E-state index contributed by atoms with van der Waals surface area (Å²) in [6.45, 7) is 0. The first-order valence-corrected chi connectivity index (χ1v) is 7.25. The number of anilines is 2. The van der Waals surface area contributed by atoms with Gasteiger partial charge in [-0.3, -0.25) is 0 Å². The van der Waals surface area contributed by atoms with Gasteiger partial charge < -0.3 is 10.6 Å². The predicted molar refractivity (Wildman–Crippen MR) is 82.3 cm³/mol. The van der Waals surface area contributed by atoms with Gasteiger partial charge in [0.15, 0.2) is 0 Å². The highest BCUT2D eigenvalue weighted by molar-refractivity contribution is 7.98. The van der Waals surface area contributed by atoms with Gasteiger partial charge in [0, 0.05) is 21.3 Å². The van der Waals surface area contributed by atoms with Crippen LogP contribution >= 0.6 is 23.4 Å². The van der Waals surface area contributed by atoms with Crippen molar-refractivity contribution in [1.82, 2.24) is 0 Å². The monoisotopic (exact) mass is 292 g/mol. The van der Waals surface area contributed by atoms with E-state index >= 15 is 0 Å². The largest absolute Gasteiger partial charge is 0.323 e. The number of rotatable bonds is 3. The normalized spacial score (nSPS) is 10.0. The van der Waals surface area contributed by atoms with Crippen LogP contribution in [0.5, 0.6) is 0 Å². The van der Waals surface area contributed by atoms with Gasteiger partial charge in [-0.1, -0.05) is 23.7 Å². The summed E-state index contributed by atoms with van der Waals surface area (Å²) in [6.07, 6.45) is 1.99. The number of thioether (sulfide) groups is 1. The zero-order valence-corrected chi connectivity index (χ0v) is 11.9. The summed E-state index contributed by atoms with van der Waals surface area (Å²) < 4.78 is 0. The molecule has 19 heavy (non-hydrogen) atoms. The summed E-state index contributed by atoms with van der Waals surface area (Å²) in [6, 6.07) is 14.4. The van der Waals surface area contributed by atoms with Crippen LogP contribution < -0.4 is 10.6 Å². The first kappa shape index (κ1) is 13.8. The Morgan fingerprint density at radius 2 is 1.68 bits per heavy atom. The Morgan fingerprint density at radius 1 is 1.05 bits per heavy atom. The van der Waals surface area contributed by atoms with Crippen LogP contribution in [0.4, 0.5) is 16.2 Å². The molecule has 2 aromatic carbocycles. The minimum absolute atomic E-state index is 0.291. The molecule has 0 bridgehead atoms. The third-order valence-electron chi connectivity index (χ3n) is 2.41. The molecular weight excluding hydrogens is 280 g/mol. The van der Waals surface area contributed by atoms with Crippen molar-refractivity contribution in [2.75, 3.05) is 16.9 Å². The van der Waals surface area contributed by atoms with Gasteiger partial charge in [-0.15, -0.1) is 11.8 Å². The molecule has 0 aliphatic rings. The first-order valence-electron chi connectivity index (χ1n) is 5.65. The molecule has 0 spiro atoms. The van der Waals surface area contributed by atoms with Crippen LogP contribution in [0, 0.1) is 0 Å². The molecule has 0 heterocycles. The minimum Gasteiger partial charge on any atom is -0.308 e. The van der Waals surface area contributed by atoms with E-state index in [0.29, 0.717) is 10.7 Å². The lowest BCUT2D eigenvalue weighted by Gasteiger charge is -2.08. The maximum atomic E-state index is 11.8. The molecule has 2 aromatic rings. The molecule has 0 atom stereocenters. The maximum Gasteiger partial charge on any atom is 0.323 e. The number of carbonyl (C=O) groups is 1. The Kier molecular flexibility index (Phi) is 4.71. The molecule has 0 aliphatic heterocycles. The average Bonchev–Trinajstić information content (AvgIpc) is 2.38. The molecule has 0 saturated carbocycles. The molecule has 98 valence electrons. The fourth-order valence-corrected chi connectivity index (χ4v) is 2.21. The molecule has 0 radical (unpaired) electrons. The van der Waals surface area contributed by atoms with Crippen molar-refractivity contribution in [3.05, 3.63) is 53.6 Å². The van der Waals surface area contributed by atoms with Crippen LogP contribution in [0.25, 0.3) is 0 Å². The van der Waals surface area contributed by atoms with Gasteiger partial charge in [0.2, 0.25) is 0 Å². The van der Waals surface area contributed by atoms with E-state index in [4.69, 9.17) is 11.6 Å². The Morgan fingerprint density at radius 3 is 2.32 bits per heavy atom. The van der Waals surface area contributed by atoms with Crippen LogP contribution in [-0.2, 0) is 0 Å². The standard InChI is InChI=1S/C14H13ClN2OS/c1-19-13-7-3-6-12(9-13)17-14(18)16-11-5-2-4-10(15)8-11/h2-9H,1H3,(H2,16,17,18). The summed E-state index contributed by atoms with van der Waals surface area (Å²) >= 11 is 7.48. The molecular formula is C14H13ClN2OS. The van der Waals surface area contributed by atoms with E-state index in [-0.39, 0.29) is 6.03 Å². The second-order valence-corrected chi connectivity index (χ2v) is 5.14. The van der Waals surface area contributed by atoms with Crippen LogP contribution in [-0.4, -0.2) is 12.3 Å². The van der Waals surface area contributed by atoms with Gasteiger partial charge >= 0.3 is 6.03 Å². The quantitative estimate of drug-likeness (QED) is 0.805. The minimum atomic E-state index is -0.291. The van der Waals surface area contributed by atoms with E-state index in [0.717, 1.165) is 10.6 Å². The van der Waals surface area contributed by atoms with E-state index in [1.54, 1.807) is 36.0 Å². The Bertz CT molecular complexity index is 589. The van der Waals surface area contributed by atoms with Crippen molar-refractivity contribution >= 4 is 40.8 Å². The van der Waals surface area contributed by atoms with Gasteiger partial charge in [-0.2, -0.15) is 0 Å². The first-order chi connectivity index (χ1) is 9.17. The van der Waals surface area contributed by atoms with Crippen molar-refractivity contribution < 1.29 is 4.79 Å². The summed E-state index contributed by atoms with van der Waals surface area (Å²) in [5, 5.41) is 6.09. The van der Waals surface area contributed by atoms with Crippen molar-refractivity contribution in [3.63, 3.8) is 0 Å². The molecule has 3 nitrogen and oxygen atoms in total. The summed E-state index contributed by atoms with van der Waals surface area (Å²) in [7, 11) is 0. The molecule has 0 unspecified atom stereocenters. The van der Waals surface area contributed by atoms with E-state index in [9.17, 15) is 4.79 Å². The highest BCUT2D eigenvalue weighted by Gasteiger charge is 2.03. The number of hydrogen-bond acceptors (Lipinski definition) is 2. The number of amides is 2. The second-order valence-electron chi connectivity index (χ2n) is 3.82. The Hall–Kier alpha value is -1.65. The molecule has 2 amide bonds. The highest BCUT2D eigenvalue weighted by atomic mass is 35.5. The number of urea groups is 1. The predicted octanol–water partition coefficient (Wildman–Crippen LogP) is 4.71. The molecule has 0 fully saturated rings. The van der Waals surface area contributed by atoms with E-state index in [1.807, 2.05) is 30.5 Å². The van der Waals surface area contributed by atoms with E-state index in [1.165, 1.54) is 0 Å². The number of nitrogens with one attached hydrogen (secondary N) is 2. The topological polar surface area (TPSA) is 41.1 Å². The number of hydrogen-bond donors (Lipinski definition) is 2. The third kappa shape index (κ3) is 4.19. The van der Waals surface area contributed by atoms with Crippen molar-refractivity contribution in [1.29, 1.82) is 0 Å². The van der Waals surface area contributed by atoms with Crippen molar-refractivity contribution in [2.45, 2.75) is 4.90 Å². The number of halogens is 1.